The lowest BCUT2D eigenvalue weighted by molar-refractivity contribution is 0.0907. The average molecular weight is 311 g/mol. The molecule has 0 fully saturated rings. The van der Waals surface area contributed by atoms with Gasteiger partial charge in [-0.3, -0.25) is 4.79 Å². The fourth-order valence-corrected chi connectivity index (χ4v) is 2.08. The number of hydrogen-bond acceptors (Lipinski definition) is 4. The molecule has 0 aliphatic heterocycles. The quantitative estimate of drug-likeness (QED) is 0.804. The highest BCUT2D eigenvalue weighted by Gasteiger charge is 2.15. The van der Waals surface area contributed by atoms with Crippen LogP contribution in [0.2, 0.25) is 0 Å². The molecule has 0 bridgehead atoms. The number of aryl methyl sites for hydroxylation is 1. The van der Waals surface area contributed by atoms with Gasteiger partial charge in [0.1, 0.15) is 5.82 Å². The second kappa shape index (κ2) is 6.39. The predicted molar refractivity (Wildman–Crippen MR) is 82.0 cm³/mol. The van der Waals surface area contributed by atoms with Gasteiger partial charge in [-0.1, -0.05) is 41.1 Å². The van der Waals surface area contributed by atoms with Gasteiger partial charge in [0.15, 0.2) is 0 Å². The fraction of sp³-hybridized carbons (Fsp3) is 0.118. The second-order valence-corrected chi connectivity index (χ2v) is 5.10. The van der Waals surface area contributed by atoms with Crippen molar-refractivity contribution in [2.24, 2.45) is 0 Å². The van der Waals surface area contributed by atoms with Gasteiger partial charge in [0.2, 0.25) is 5.82 Å². The first kappa shape index (κ1) is 14.9. The van der Waals surface area contributed by atoms with Gasteiger partial charge in [-0.2, -0.15) is 4.98 Å². The zero-order chi connectivity index (χ0) is 16.2. The number of halogens is 1. The minimum Gasteiger partial charge on any atom is -0.344 e. The monoisotopic (exact) mass is 311 g/mol. The van der Waals surface area contributed by atoms with E-state index in [1.807, 2.05) is 31.2 Å². The highest BCUT2D eigenvalue weighted by atomic mass is 19.1. The van der Waals surface area contributed by atoms with Gasteiger partial charge in [0, 0.05) is 12.1 Å². The van der Waals surface area contributed by atoms with Crippen LogP contribution in [0.5, 0.6) is 0 Å². The number of benzene rings is 2. The second-order valence-electron chi connectivity index (χ2n) is 5.10. The largest absolute Gasteiger partial charge is 0.344 e. The maximum absolute atomic E-state index is 12.8. The summed E-state index contributed by atoms with van der Waals surface area (Å²) in [5.74, 6) is -0.537. The standard InChI is InChI=1S/C17H14FN3O2/c1-11-3-2-4-13(9-11)15-20-17(23-21-15)16(22)19-10-12-5-7-14(18)8-6-12/h2-9H,10H2,1H3,(H,19,22). The Morgan fingerprint density at radius 3 is 2.74 bits per heavy atom. The van der Waals surface area contributed by atoms with Gasteiger partial charge in [0.25, 0.3) is 0 Å². The Labute approximate surface area is 132 Å². The van der Waals surface area contributed by atoms with E-state index >= 15 is 0 Å². The molecule has 0 atom stereocenters. The first-order chi connectivity index (χ1) is 11.1. The third-order valence-corrected chi connectivity index (χ3v) is 3.26. The zero-order valence-corrected chi connectivity index (χ0v) is 12.4. The van der Waals surface area contributed by atoms with Crippen molar-refractivity contribution in [1.29, 1.82) is 0 Å². The summed E-state index contributed by atoms with van der Waals surface area (Å²) >= 11 is 0. The number of rotatable bonds is 4. The van der Waals surface area contributed by atoms with Crippen molar-refractivity contribution in [2.45, 2.75) is 13.5 Å². The first-order valence-corrected chi connectivity index (χ1v) is 7.05. The van der Waals surface area contributed by atoms with Crippen molar-refractivity contribution < 1.29 is 13.7 Å². The van der Waals surface area contributed by atoms with Crippen LogP contribution in [-0.4, -0.2) is 16.0 Å². The molecule has 0 aliphatic carbocycles. The van der Waals surface area contributed by atoms with Crippen LogP contribution in [0.15, 0.2) is 53.1 Å². The molecule has 6 heteroatoms. The summed E-state index contributed by atoms with van der Waals surface area (Å²) < 4.78 is 17.8. The average Bonchev–Trinajstić information content (AvgIpc) is 3.04. The Hall–Kier alpha value is -3.02. The molecule has 0 saturated carbocycles. The summed E-state index contributed by atoms with van der Waals surface area (Å²) in [4.78, 5) is 16.1. The Morgan fingerprint density at radius 1 is 1.22 bits per heavy atom. The topological polar surface area (TPSA) is 68.0 Å². The number of hydrogen-bond donors (Lipinski definition) is 1. The van der Waals surface area contributed by atoms with Crippen LogP contribution in [0.25, 0.3) is 11.4 Å². The number of carbonyl (C=O) groups excluding carboxylic acids is 1. The Morgan fingerprint density at radius 2 is 2.00 bits per heavy atom. The van der Waals surface area contributed by atoms with Crippen LogP contribution in [0.1, 0.15) is 21.8 Å². The van der Waals surface area contributed by atoms with Crippen LogP contribution in [-0.2, 0) is 6.54 Å². The minimum absolute atomic E-state index is 0.108. The van der Waals surface area contributed by atoms with Crippen LogP contribution in [0, 0.1) is 12.7 Å². The maximum Gasteiger partial charge on any atom is 0.316 e. The first-order valence-electron chi connectivity index (χ1n) is 7.05. The van der Waals surface area contributed by atoms with Gasteiger partial charge in [-0.25, -0.2) is 4.39 Å². The lowest BCUT2D eigenvalue weighted by atomic mass is 10.1. The number of nitrogens with one attached hydrogen (secondary N) is 1. The Balaban J connectivity index is 1.67. The molecular formula is C17H14FN3O2. The van der Waals surface area contributed by atoms with Gasteiger partial charge in [-0.15, -0.1) is 0 Å². The van der Waals surface area contributed by atoms with Crippen molar-refractivity contribution in [2.75, 3.05) is 0 Å². The molecule has 1 aromatic heterocycles. The number of amides is 1. The highest BCUT2D eigenvalue weighted by Crippen LogP contribution is 2.16. The van der Waals surface area contributed by atoms with E-state index in [0.29, 0.717) is 5.82 Å². The molecule has 3 aromatic rings. The van der Waals surface area contributed by atoms with Crippen molar-refractivity contribution in [3.05, 3.63) is 71.4 Å². The number of aromatic nitrogens is 2. The van der Waals surface area contributed by atoms with Crippen LogP contribution < -0.4 is 5.32 Å². The highest BCUT2D eigenvalue weighted by molar-refractivity contribution is 5.89. The van der Waals surface area contributed by atoms with Gasteiger partial charge < -0.3 is 9.84 Å². The molecule has 0 radical (unpaired) electrons. The predicted octanol–water partition coefficient (Wildman–Crippen LogP) is 3.11. The molecule has 0 unspecified atom stereocenters. The van der Waals surface area contributed by atoms with Crippen molar-refractivity contribution in [1.82, 2.24) is 15.5 Å². The molecule has 0 spiro atoms. The minimum atomic E-state index is -0.472. The molecule has 0 aliphatic rings. The maximum atomic E-state index is 12.8. The van der Waals surface area contributed by atoms with E-state index in [9.17, 15) is 9.18 Å². The summed E-state index contributed by atoms with van der Waals surface area (Å²) in [6, 6.07) is 13.5. The number of nitrogens with zero attached hydrogens (tertiary/aromatic N) is 2. The molecular weight excluding hydrogens is 297 g/mol. The Kier molecular flexibility index (Phi) is 4.14. The number of carbonyl (C=O) groups is 1. The lowest BCUT2D eigenvalue weighted by Crippen LogP contribution is -2.23. The summed E-state index contributed by atoms with van der Waals surface area (Å²) in [6.45, 7) is 2.21. The molecule has 5 nitrogen and oxygen atoms in total. The van der Waals surface area contributed by atoms with Gasteiger partial charge >= 0.3 is 11.8 Å². The normalized spacial score (nSPS) is 10.5. The third-order valence-electron chi connectivity index (χ3n) is 3.26. The smallest absolute Gasteiger partial charge is 0.316 e. The van der Waals surface area contributed by atoms with Crippen LogP contribution in [0.3, 0.4) is 0 Å². The van der Waals surface area contributed by atoms with E-state index in [2.05, 4.69) is 15.5 Å². The van der Waals surface area contributed by atoms with Crippen molar-refractivity contribution >= 4 is 5.91 Å². The summed E-state index contributed by atoms with van der Waals surface area (Å²) in [6.07, 6.45) is 0. The van der Waals surface area contributed by atoms with Gasteiger partial charge in [0.05, 0.1) is 0 Å². The van der Waals surface area contributed by atoms with E-state index in [4.69, 9.17) is 4.52 Å². The fourth-order valence-electron chi connectivity index (χ4n) is 2.08. The third kappa shape index (κ3) is 3.60. The molecule has 116 valence electrons. The van der Waals surface area contributed by atoms with Crippen LogP contribution >= 0.6 is 0 Å². The lowest BCUT2D eigenvalue weighted by Gasteiger charge is -2.02. The summed E-state index contributed by atoms with van der Waals surface area (Å²) in [5, 5.41) is 6.47. The van der Waals surface area contributed by atoms with Gasteiger partial charge in [-0.05, 0) is 30.7 Å². The van der Waals surface area contributed by atoms with E-state index in [0.717, 1.165) is 16.7 Å². The zero-order valence-electron chi connectivity index (χ0n) is 12.4. The van der Waals surface area contributed by atoms with E-state index in [1.54, 1.807) is 12.1 Å². The van der Waals surface area contributed by atoms with E-state index in [-0.39, 0.29) is 18.3 Å². The van der Waals surface area contributed by atoms with Crippen molar-refractivity contribution in [3.8, 4) is 11.4 Å². The molecule has 1 heterocycles. The van der Waals surface area contributed by atoms with Crippen molar-refractivity contribution in [3.63, 3.8) is 0 Å². The van der Waals surface area contributed by atoms with Crippen LogP contribution in [0.4, 0.5) is 4.39 Å². The molecule has 3 rings (SSSR count). The molecule has 23 heavy (non-hydrogen) atoms. The van der Waals surface area contributed by atoms with E-state index < -0.39 is 5.91 Å². The molecule has 2 aromatic carbocycles. The summed E-state index contributed by atoms with van der Waals surface area (Å²) in [7, 11) is 0. The SMILES string of the molecule is Cc1cccc(-c2noc(C(=O)NCc3ccc(F)cc3)n2)c1. The molecule has 1 N–H and O–H groups in total. The summed E-state index contributed by atoms with van der Waals surface area (Å²) in [5.41, 5.74) is 2.62. The molecule has 0 saturated heterocycles. The van der Waals surface area contributed by atoms with E-state index in [1.165, 1.54) is 12.1 Å². The Bertz CT molecular complexity index is 828. The molecule has 1 amide bonds.